The van der Waals surface area contributed by atoms with Crippen molar-refractivity contribution in [1.29, 1.82) is 0 Å². The van der Waals surface area contributed by atoms with Crippen molar-refractivity contribution in [2.75, 3.05) is 0 Å². The van der Waals surface area contributed by atoms with Crippen LogP contribution in [-0.2, 0) is 0 Å². The van der Waals surface area contributed by atoms with Crippen molar-refractivity contribution in [1.82, 2.24) is 0 Å². The first kappa shape index (κ1) is 4.83. The topological polar surface area (TPSA) is 22.3 Å². The Hall–Kier alpha value is -0.170. The maximum Gasteiger partial charge on any atom is 0.0144 e. The molecular weight excluding hydrogens is 62.1 g/mol. The van der Waals surface area contributed by atoms with Crippen LogP contribution in [0, 0.1) is 20.8 Å². The number of rotatable bonds is 0. The van der Waals surface area contributed by atoms with Crippen LogP contribution in [0.2, 0.25) is 0 Å². The molecule has 0 atom stereocenters. The van der Waals surface area contributed by atoms with Gasteiger partial charge in [0.15, 0.2) is 0 Å². The summed E-state index contributed by atoms with van der Waals surface area (Å²) >= 11 is 0. The molecule has 0 amide bonds. The molecule has 0 aromatic rings. The van der Waals surface area contributed by atoms with Crippen LogP contribution in [0.3, 0.4) is 0 Å². The average Bonchev–Trinajstić information content (AvgIpc) is 0.722. The molecule has 0 rings (SSSR count). The summed E-state index contributed by atoms with van der Waals surface area (Å²) in [6.45, 7) is 9.31. The van der Waals surface area contributed by atoms with Gasteiger partial charge in [0.05, 0.1) is 0 Å². The second kappa shape index (κ2) is 0.902. The third-order valence-corrected chi connectivity index (χ3v) is 0. The van der Waals surface area contributed by atoms with Crippen molar-refractivity contribution >= 4 is 0 Å². The fraction of sp³-hybridized carbons (Fsp3) is 0.250. The lowest BCUT2D eigenvalue weighted by Crippen LogP contribution is -2.04. The van der Waals surface area contributed by atoms with E-state index in [4.69, 9.17) is 5.73 Å². The maximum atomic E-state index is 8.19. The lowest BCUT2D eigenvalue weighted by atomic mass is 10.1. The lowest BCUT2D eigenvalue weighted by Gasteiger charge is -2.24. The van der Waals surface area contributed by atoms with Gasteiger partial charge in [0.2, 0.25) is 0 Å². The van der Waals surface area contributed by atoms with Gasteiger partial charge in [0.25, 0.3) is 0 Å². The van der Waals surface area contributed by atoms with E-state index in [0.29, 0.717) is 0 Å². The molecule has 0 saturated carbocycles. The molecule has 0 aliphatic rings. The van der Waals surface area contributed by atoms with Gasteiger partial charge < -0.3 is 12.7 Å². The molecule has 0 unspecified atom stereocenters. The summed E-state index contributed by atoms with van der Waals surface area (Å²) in [7, 11) is 0. The highest BCUT2D eigenvalue weighted by Crippen LogP contribution is 1.98. The van der Waals surface area contributed by atoms with Crippen molar-refractivity contribution in [2.45, 2.75) is 5.54 Å². The summed E-state index contributed by atoms with van der Waals surface area (Å²) in [5, 5.41) is 0. The summed E-state index contributed by atoms with van der Waals surface area (Å²) in [6, 6.07) is 0. The molecule has 5 heavy (non-hydrogen) atoms. The maximum absolute atomic E-state index is 8.19. The van der Waals surface area contributed by atoms with Crippen LogP contribution in [0.15, 0.2) is 0 Å². The minimum atomic E-state index is -1.25. The molecular formula is C4H6N-. The molecule has 0 heterocycles. The predicted octanol–water partition coefficient (Wildman–Crippen LogP) is 1.07. The fourth-order valence-corrected chi connectivity index (χ4v) is 0. The van der Waals surface area contributed by atoms with Crippen molar-refractivity contribution in [2.24, 2.45) is 0 Å². The van der Waals surface area contributed by atoms with Crippen LogP contribution in [0.4, 0.5) is 0 Å². The highest BCUT2D eigenvalue weighted by atomic mass is 14.7. The Morgan fingerprint density at radius 3 is 2.00 bits per heavy atom. The van der Waals surface area contributed by atoms with E-state index >= 15 is 0 Å². The van der Waals surface area contributed by atoms with E-state index in [1.807, 2.05) is 0 Å². The highest BCUT2D eigenvalue weighted by Gasteiger charge is 1.82. The monoisotopic (exact) mass is 68.1 g/mol. The number of hydrogen-bond acceptors (Lipinski definition) is 0. The Bertz CT molecular complexity index is 19.1. The Morgan fingerprint density at radius 2 is 2.00 bits per heavy atom. The Balaban J connectivity index is 3.02. The van der Waals surface area contributed by atoms with Crippen LogP contribution in [0.1, 0.15) is 0 Å². The van der Waals surface area contributed by atoms with E-state index in [-0.39, 0.29) is 0 Å². The summed E-state index contributed by atoms with van der Waals surface area (Å²) in [5.41, 5.74) is 6.94. The summed E-state index contributed by atoms with van der Waals surface area (Å²) in [4.78, 5) is 0. The van der Waals surface area contributed by atoms with E-state index < -0.39 is 5.54 Å². The molecule has 0 N–H and O–H groups in total. The molecule has 0 spiro atoms. The third-order valence-electron chi connectivity index (χ3n) is 0. The van der Waals surface area contributed by atoms with Gasteiger partial charge in [-0.2, -0.15) is 0 Å². The Kier molecular flexibility index (Phi) is 0.872. The normalized spacial score (nSPS) is 21.4. The molecule has 0 aromatic carbocycles. The van der Waals surface area contributed by atoms with E-state index in [2.05, 4.69) is 20.8 Å². The highest BCUT2D eigenvalue weighted by molar-refractivity contribution is 5.02. The second-order valence-electron chi connectivity index (χ2n) is 1.22. The summed E-state index contributed by atoms with van der Waals surface area (Å²) in [5.74, 6) is 0. The van der Waals surface area contributed by atoms with E-state index in [0.717, 1.165) is 0 Å². The standard InChI is InChI=1S/C4H6N/c1-4(2,3)5/h1-3H2/q-1. The minimum Gasteiger partial charge on any atom is -0.789 e. The number of nitrogens with zero attached hydrogens (tertiary/aromatic N) is 1. The first-order chi connectivity index (χ1) is 2.00. The SMILES string of the molecule is [CH2]C([CH2+])([CH2-])[N-]. The smallest absolute Gasteiger partial charge is 0.0144 e. The van der Waals surface area contributed by atoms with Gasteiger partial charge in [0.1, 0.15) is 0 Å². The molecule has 0 saturated heterocycles. The Morgan fingerprint density at radius 1 is 2.00 bits per heavy atom. The third kappa shape index (κ3) is 444. The van der Waals surface area contributed by atoms with Crippen molar-refractivity contribution in [3.05, 3.63) is 26.5 Å². The summed E-state index contributed by atoms with van der Waals surface area (Å²) in [6.07, 6.45) is 0. The van der Waals surface area contributed by atoms with Crippen molar-refractivity contribution in [3.63, 3.8) is 0 Å². The van der Waals surface area contributed by atoms with Gasteiger partial charge in [-0.05, 0) is 0 Å². The molecule has 2 radical (unpaired) electrons. The van der Waals surface area contributed by atoms with Crippen LogP contribution < -0.4 is 0 Å². The molecule has 0 aliphatic carbocycles. The van der Waals surface area contributed by atoms with E-state index in [9.17, 15) is 0 Å². The largest absolute Gasteiger partial charge is 0.789 e. The van der Waals surface area contributed by atoms with Crippen molar-refractivity contribution < 1.29 is 0 Å². The zero-order chi connectivity index (χ0) is 4.50. The van der Waals surface area contributed by atoms with Gasteiger partial charge in [-0.3, -0.25) is 0 Å². The molecule has 0 fully saturated rings. The lowest BCUT2D eigenvalue weighted by molar-refractivity contribution is 0.984. The van der Waals surface area contributed by atoms with Crippen LogP contribution in [0.5, 0.6) is 0 Å². The molecule has 0 bridgehead atoms. The van der Waals surface area contributed by atoms with Gasteiger partial charge in [-0.1, -0.05) is 6.92 Å². The van der Waals surface area contributed by atoms with Gasteiger partial charge in [0, 0.05) is 6.92 Å². The van der Waals surface area contributed by atoms with Crippen LogP contribution in [-0.4, -0.2) is 5.54 Å². The molecule has 1 nitrogen and oxygen atoms in total. The fourth-order valence-electron chi connectivity index (χ4n) is 0. The first-order valence-corrected chi connectivity index (χ1v) is 1.28. The summed E-state index contributed by atoms with van der Waals surface area (Å²) < 4.78 is 0. The van der Waals surface area contributed by atoms with E-state index in [1.54, 1.807) is 0 Å². The average molecular weight is 68.1 g/mol. The van der Waals surface area contributed by atoms with Crippen LogP contribution >= 0.6 is 0 Å². The Labute approximate surface area is 33.2 Å². The quantitative estimate of drug-likeness (QED) is 0.379. The molecule has 1 heteroatoms. The van der Waals surface area contributed by atoms with Gasteiger partial charge in [-0.25, -0.2) is 0 Å². The first-order valence-electron chi connectivity index (χ1n) is 1.28. The van der Waals surface area contributed by atoms with E-state index in [1.165, 1.54) is 0 Å². The van der Waals surface area contributed by atoms with Gasteiger partial charge >= 0.3 is 0 Å². The molecule has 28 valence electrons. The second-order valence-corrected chi connectivity index (χ2v) is 1.22. The minimum absolute atomic E-state index is 1.25. The predicted molar refractivity (Wildman–Crippen MR) is 22.2 cm³/mol. The van der Waals surface area contributed by atoms with Crippen LogP contribution in [0.25, 0.3) is 5.73 Å². The zero-order valence-corrected chi connectivity index (χ0v) is 3.07. The van der Waals surface area contributed by atoms with Crippen molar-refractivity contribution in [3.8, 4) is 0 Å². The molecule has 0 aliphatic heterocycles. The molecule has 0 aromatic heterocycles. The number of hydrogen-bond donors (Lipinski definition) is 0. The zero-order valence-electron chi connectivity index (χ0n) is 3.07. The van der Waals surface area contributed by atoms with Gasteiger partial charge in [-0.15, -0.1) is 5.54 Å².